The number of hydrogen-bond donors (Lipinski definition) is 1. The molecule has 4 rings (SSSR count). The molecule has 1 spiro atoms. The number of aromatic nitrogens is 3. The Morgan fingerprint density at radius 3 is 2.81 bits per heavy atom. The van der Waals surface area contributed by atoms with Gasteiger partial charge in [-0.05, 0) is 32.2 Å². The number of piperidine rings is 1. The molecular weight excluding hydrogens is 342 g/mol. The van der Waals surface area contributed by atoms with E-state index in [9.17, 15) is 4.79 Å². The number of H-pyrrole nitrogens is 1. The number of amides is 1. The summed E-state index contributed by atoms with van der Waals surface area (Å²) >= 11 is 0. The Hall–Kier alpha value is -2.15. The van der Waals surface area contributed by atoms with E-state index in [-0.39, 0.29) is 11.4 Å². The van der Waals surface area contributed by atoms with Crippen LogP contribution >= 0.6 is 0 Å². The van der Waals surface area contributed by atoms with E-state index in [4.69, 9.17) is 9.51 Å². The Morgan fingerprint density at radius 2 is 2.11 bits per heavy atom. The molecule has 0 bridgehead atoms. The minimum atomic E-state index is -0.0461. The number of hydrogen-bond acceptors (Lipinski definition) is 5. The summed E-state index contributed by atoms with van der Waals surface area (Å²) in [4.78, 5) is 25.4. The van der Waals surface area contributed by atoms with E-state index in [1.807, 2.05) is 18.2 Å². The van der Waals surface area contributed by atoms with Crippen molar-refractivity contribution in [2.24, 2.45) is 0 Å². The molecule has 2 aliphatic rings. The highest BCUT2D eigenvalue weighted by atomic mass is 16.5. The second-order valence-corrected chi connectivity index (χ2v) is 7.68. The van der Waals surface area contributed by atoms with E-state index >= 15 is 0 Å². The fourth-order valence-corrected chi connectivity index (χ4v) is 4.57. The number of nitrogens with one attached hydrogen (secondary N) is 1. The van der Waals surface area contributed by atoms with Crippen molar-refractivity contribution in [3.8, 4) is 0 Å². The summed E-state index contributed by atoms with van der Waals surface area (Å²) < 4.78 is 5.26. The zero-order valence-corrected chi connectivity index (χ0v) is 16.3. The predicted molar refractivity (Wildman–Crippen MR) is 101 cm³/mol. The van der Waals surface area contributed by atoms with Crippen molar-refractivity contribution in [2.75, 3.05) is 26.2 Å². The SMILES string of the molecule is CCCCN1CCc2[nH]cnc2C12CCN(C(=O)c1cc(CC)no1)CC2. The Morgan fingerprint density at radius 1 is 1.30 bits per heavy atom. The average molecular weight is 371 g/mol. The molecule has 0 radical (unpaired) electrons. The first-order valence-corrected chi connectivity index (χ1v) is 10.2. The minimum Gasteiger partial charge on any atom is -0.351 e. The molecule has 2 aromatic heterocycles. The molecule has 0 saturated carbocycles. The number of likely N-dealkylation sites (tertiary alicyclic amines) is 1. The van der Waals surface area contributed by atoms with Gasteiger partial charge in [-0.3, -0.25) is 9.69 Å². The molecule has 1 N–H and O–H groups in total. The van der Waals surface area contributed by atoms with Crippen LogP contribution in [0.1, 0.15) is 67.2 Å². The lowest BCUT2D eigenvalue weighted by atomic mass is 9.78. The van der Waals surface area contributed by atoms with Crippen molar-refractivity contribution in [3.63, 3.8) is 0 Å². The van der Waals surface area contributed by atoms with Gasteiger partial charge in [0.2, 0.25) is 5.76 Å². The number of fused-ring (bicyclic) bond motifs is 2. The summed E-state index contributed by atoms with van der Waals surface area (Å²) in [5, 5.41) is 3.96. The monoisotopic (exact) mass is 371 g/mol. The van der Waals surface area contributed by atoms with Crippen molar-refractivity contribution in [2.45, 2.75) is 57.9 Å². The lowest BCUT2D eigenvalue weighted by molar-refractivity contribution is 0.00513. The summed E-state index contributed by atoms with van der Waals surface area (Å²) in [5.41, 5.74) is 3.25. The van der Waals surface area contributed by atoms with Crippen LogP contribution in [0, 0.1) is 0 Å². The molecule has 2 aromatic rings. The van der Waals surface area contributed by atoms with Gasteiger partial charge in [-0.2, -0.15) is 0 Å². The van der Waals surface area contributed by atoms with Crippen LogP contribution in [0.15, 0.2) is 16.9 Å². The van der Waals surface area contributed by atoms with Crippen LogP contribution in [0.5, 0.6) is 0 Å². The molecule has 0 aromatic carbocycles. The van der Waals surface area contributed by atoms with Crippen molar-refractivity contribution < 1.29 is 9.32 Å². The third-order valence-corrected chi connectivity index (χ3v) is 6.19. The smallest absolute Gasteiger partial charge is 0.292 e. The molecule has 1 fully saturated rings. The number of aromatic amines is 1. The number of nitrogens with zero attached hydrogens (tertiary/aromatic N) is 4. The maximum atomic E-state index is 12.8. The molecule has 1 amide bonds. The maximum absolute atomic E-state index is 12.8. The van der Waals surface area contributed by atoms with Gasteiger partial charge in [0.25, 0.3) is 5.91 Å². The fourth-order valence-electron chi connectivity index (χ4n) is 4.57. The summed E-state index contributed by atoms with van der Waals surface area (Å²) in [6.07, 6.45) is 7.84. The largest absolute Gasteiger partial charge is 0.351 e. The number of imidazole rings is 1. The minimum absolute atomic E-state index is 0.0461. The van der Waals surface area contributed by atoms with E-state index in [1.165, 1.54) is 24.2 Å². The van der Waals surface area contributed by atoms with E-state index < -0.39 is 0 Å². The standard InChI is InChI=1S/C20H29N5O2/c1-3-5-9-25-10-6-16-18(22-14-21-16)20(25)7-11-24(12-8-20)19(26)17-13-15(4-2)23-27-17/h13-14H,3-12H2,1-2H3,(H,21,22). The Balaban J connectivity index is 1.52. The van der Waals surface area contributed by atoms with Gasteiger partial charge in [-0.25, -0.2) is 4.98 Å². The maximum Gasteiger partial charge on any atom is 0.292 e. The Labute approximate surface area is 160 Å². The molecule has 1 saturated heterocycles. The van der Waals surface area contributed by atoms with Crippen LogP contribution in [0.25, 0.3) is 0 Å². The van der Waals surface area contributed by atoms with Gasteiger partial charge in [0.1, 0.15) is 0 Å². The van der Waals surface area contributed by atoms with E-state index in [1.54, 1.807) is 6.07 Å². The zero-order chi connectivity index (χ0) is 18.9. The first kappa shape index (κ1) is 18.2. The molecule has 7 nitrogen and oxygen atoms in total. The summed E-state index contributed by atoms with van der Waals surface area (Å²) in [7, 11) is 0. The molecule has 27 heavy (non-hydrogen) atoms. The van der Waals surface area contributed by atoms with Crippen molar-refractivity contribution in [1.29, 1.82) is 0 Å². The molecule has 0 aliphatic carbocycles. The van der Waals surface area contributed by atoms with Crippen LogP contribution in [-0.4, -0.2) is 57.0 Å². The van der Waals surface area contributed by atoms with Crippen LogP contribution in [0.3, 0.4) is 0 Å². The van der Waals surface area contributed by atoms with Crippen molar-refractivity contribution in [1.82, 2.24) is 24.9 Å². The molecule has 7 heteroatoms. The van der Waals surface area contributed by atoms with Gasteiger partial charge in [0, 0.05) is 37.8 Å². The van der Waals surface area contributed by atoms with Crippen LogP contribution < -0.4 is 0 Å². The van der Waals surface area contributed by atoms with Crippen LogP contribution in [0.2, 0.25) is 0 Å². The highest BCUT2D eigenvalue weighted by Crippen LogP contribution is 2.42. The lowest BCUT2D eigenvalue weighted by Gasteiger charge is -2.50. The van der Waals surface area contributed by atoms with Gasteiger partial charge in [-0.15, -0.1) is 0 Å². The van der Waals surface area contributed by atoms with Gasteiger partial charge in [0.15, 0.2) is 0 Å². The van der Waals surface area contributed by atoms with Gasteiger partial charge >= 0.3 is 0 Å². The molecule has 0 atom stereocenters. The third kappa shape index (κ3) is 3.18. The summed E-state index contributed by atoms with van der Waals surface area (Å²) in [5.74, 6) is 0.310. The quantitative estimate of drug-likeness (QED) is 0.874. The average Bonchev–Trinajstić information content (AvgIpc) is 3.37. The second kappa shape index (κ2) is 7.46. The predicted octanol–water partition coefficient (Wildman–Crippen LogP) is 2.75. The first-order chi connectivity index (χ1) is 13.2. The van der Waals surface area contributed by atoms with E-state index in [2.05, 4.69) is 22.0 Å². The highest BCUT2D eigenvalue weighted by Gasteiger charge is 2.47. The Bertz CT molecular complexity index is 788. The summed E-state index contributed by atoms with van der Waals surface area (Å²) in [6.45, 7) is 7.83. The molecule has 4 heterocycles. The third-order valence-electron chi connectivity index (χ3n) is 6.19. The van der Waals surface area contributed by atoms with Crippen molar-refractivity contribution >= 4 is 5.91 Å². The fraction of sp³-hybridized carbons (Fsp3) is 0.650. The van der Waals surface area contributed by atoms with E-state index in [0.717, 1.165) is 57.6 Å². The van der Waals surface area contributed by atoms with Gasteiger partial charge in [-0.1, -0.05) is 25.4 Å². The molecule has 2 aliphatic heterocycles. The molecule has 146 valence electrons. The molecular formula is C20H29N5O2. The normalized spacial score (nSPS) is 19.4. The van der Waals surface area contributed by atoms with E-state index in [0.29, 0.717) is 5.76 Å². The zero-order valence-electron chi connectivity index (χ0n) is 16.3. The van der Waals surface area contributed by atoms with Crippen molar-refractivity contribution in [3.05, 3.63) is 35.2 Å². The molecule has 0 unspecified atom stereocenters. The number of unbranched alkanes of at least 4 members (excludes halogenated alkanes) is 1. The number of carbonyl (C=O) groups is 1. The number of rotatable bonds is 5. The van der Waals surface area contributed by atoms with Gasteiger partial charge in [0.05, 0.1) is 23.3 Å². The number of carbonyl (C=O) groups excluding carboxylic acids is 1. The highest BCUT2D eigenvalue weighted by molar-refractivity contribution is 5.91. The van der Waals surface area contributed by atoms with Crippen LogP contribution in [-0.2, 0) is 18.4 Å². The topological polar surface area (TPSA) is 78.3 Å². The second-order valence-electron chi connectivity index (χ2n) is 7.68. The van der Waals surface area contributed by atoms with Crippen LogP contribution in [0.4, 0.5) is 0 Å². The lowest BCUT2D eigenvalue weighted by Crippen LogP contribution is -2.57. The Kier molecular flexibility index (Phi) is 5.04. The first-order valence-electron chi connectivity index (χ1n) is 10.2. The number of aryl methyl sites for hydroxylation is 1. The summed E-state index contributed by atoms with van der Waals surface area (Å²) in [6, 6.07) is 1.77. The van der Waals surface area contributed by atoms with Gasteiger partial charge < -0.3 is 14.4 Å².